The van der Waals surface area contributed by atoms with Crippen LogP contribution >= 0.6 is 11.6 Å². The molecule has 0 atom stereocenters. The highest BCUT2D eigenvalue weighted by Gasteiger charge is 2.30. The number of nitrogens with zero attached hydrogens (tertiary/aromatic N) is 4. The van der Waals surface area contributed by atoms with Crippen LogP contribution in [0.15, 0.2) is 48.7 Å². The second-order valence-electron chi connectivity index (χ2n) is 10.1. The number of rotatable bonds is 7. The molecule has 40 heavy (non-hydrogen) atoms. The molecule has 3 N–H and O–H groups in total. The molecule has 4 aromatic rings. The molecule has 0 aliphatic carbocycles. The van der Waals surface area contributed by atoms with Gasteiger partial charge in [-0.05, 0) is 42.7 Å². The molecule has 208 valence electrons. The van der Waals surface area contributed by atoms with Crippen LogP contribution in [0.5, 0.6) is 5.75 Å². The molecule has 5 rings (SSSR count). The Hall–Kier alpha value is -4.18. The van der Waals surface area contributed by atoms with E-state index in [1.165, 1.54) is 24.4 Å². The van der Waals surface area contributed by atoms with Crippen molar-refractivity contribution in [3.63, 3.8) is 0 Å². The number of nitrogens with one attached hydrogen (secondary N) is 1. The van der Waals surface area contributed by atoms with Gasteiger partial charge in [-0.2, -0.15) is 5.10 Å². The molecule has 0 radical (unpaired) electrons. The smallest absolute Gasteiger partial charge is 0.316 e. The second-order valence-corrected chi connectivity index (χ2v) is 10.6. The Bertz CT molecular complexity index is 1590. The van der Waals surface area contributed by atoms with E-state index in [1.807, 2.05) is 30.0 Å². The number of ether oxygens (including phenoxy) is 1. The largest absolute Gasteiger partial charge is 0.491 e. The summed E-state index contributed by atoms with van der Waals surface area (Å²) in [6, 6.07) is 10.6. The zero-order chi connectivity index (χ0) is 28.6. The molecular formula is C29H29ClF2N6O2. The molecule has 0 saturated heterocycles. The Morgan fingerprint density at radius 2 is 2.00 bits per heavy atom. The summed E-state index contributed by atoms with van der Waals surface area (Å²) in [5.74, 6) is -0.0613. The number of benzene rings is 2. The van der Waals surface area contributed by atoms with Gasteiger partial charge in [0.15, 0.2) is 11.6 Å². The molecule has 0 bridgehead atoms. The number of urea groups is 1. The van der Waals surface area contributed by atoms with Crippen LogP contribution in [0.2, 0.25) is 5.02 Å². The quantitative estimate of drug-likeness (QED) is 0.275. The maximum atomic E-state index is 15.2. The fraction of sp³-hybridized carbons (Fsp3) is 0.276. The molecular weight excluding hydrogens is 538 g/mol. The van der Waals surface area contributed by atoms with Crippen molar-refractivity contribution in [2.45, 2.75) is 33.7 Å². The number of aryl methyl sites for hydroxylation is 1. The van der Waals surface area contributed by atoms with E-state index in [9.17, 15) is 9.18 Å². The molecule has 0 spiro atoms. The van der Waals surface area contributed by atoms with Crippen LogP contribution in [0.3, 0.4) is 0 Å². The van der Waals surface area contributed by atoms with Crippen molar-refractivity contribution in [1.82, 2.24) is 14.8 Å². The summed E-state index contributed by atoms with van der Waals surface area (Å²) in [6.07, 6.45) is 1.92. The van der Waals surface area contributed by atoms with Crippen molar-refractivity contribution in [2.75, 3.05) is 23.4 Å². The van der Waals surface area contributed by atoms with Gasteiger partial charge in [0.1, 0.15) is 17.3 Å². The first-order valence-corrected chi connectivity index (χ1v) is 13.3. The second kappa shape index (κ2) is 11.1. The Morgan fingerprint density at radius 1 is 1.20 bits per heavy atom. The molecule has 2 aromatic carbocycles. The predicted octanol–water partition coefficient (Wildman–Crippen LogP) is 6.26. The van der Waals surface area contributed by atoms with E-state index in [0.29, 0.717) is 42.5 Å². The van der Waals surface area contributed by atoms with Crippen LogP contribution in [0.25, 0.3) is 16.9 Å². The lowest BCUT2D eigenvalue weighted by Gasteiger charge is -2.28. The van der Waals surface area contributed by atoms with Gasteiger partial charge in [0.25, 0.3) is 0 Å². The summed E-state index contributed by atoms with van der Waals surface area (Å²) < 4.78 is 38.0. The number of pyridine rings is 1. The van der Waals surface area contributed by atoms with Crippen LogP contribution in [0.1, 0.15) is 30.7 Å². The van der Waals surface area contributed by atoms with Crippen LogP contribution in [0.4, 0.5) is 25.1 Å². The predicted molar refractivity (Wildman–Crippen MR) is 151 cm³/mol. The number of aromatic nitrogens is 3. The average molecular weight is 567 g/mol. The molecule has 2 aromatic heterocycles. The number of anilines is 2. The molecule has 8 nitrogen and oxygen atoms in total. The van der Waals surface area contributed by atoms with E-state index in [-0.39, 0.29) is 23.1 Å². The van der Waals surface area contributed by atoms with Crippen molar-refractivity contribution in [1.29, 1.82) is 0 Å². The van der Waals surface area contributed by atoms with E-state index >= 15 is 4.39 Å². The zero-order valence-electron chi connectivity index (χ0n) is 22.3. The third kappa shape index (κ3) is 5.44. The maximum absolute atomic E-state index is 15.2. The van der Waals surface area contributed by atoms with E-state index in [0.717, 1.165) is 22.5 Å². The minimum Gasteiger partial charge on any atom is -0.491 e. The van der Waals surface area contributed by atoms with E-state index in [4.69, 9.17) is 27.2 Å². The van der Waals surface area contributed by atoms with Crippen LogP contribution in [-0.4, -0.2) is 33.9 Å². The van der Waals surface area contributed by atoms with Gasteiger partial charge in [-0.15, -0.1) is 0 Å². The van der Waals surface area contributed by atoms with Crippen molar-refractivity contribution in [3.05, 3.63) is 82.1 Å². The van der Waals surface area contributed by atoms with Gasteiger partial charge in [0.05, 0.1) is 28.7 Å². The Balaban J connectivity index is 1.68. The first kappa shape index (κ1) is 27.4. The average Bonchev–Trinajstić information content (AvgIpc) is 3.26. The topological polar surface area (TPSA) is 98.3 Å². The number of carbonyl (C=O) groups is 1. The molecule has 0 fully saturated rings. The van der Waals surface area contributed by atoms with E-state index < -0.39 is 17.7 Å². The van der Waals surface area contributed by atoms with E-state index in [1.54, 1.807) is 10.7 Å². The minimum atomic E-state index is -0.867. The Kier molecular flexibility index (Phi) is 7.62. The molecule has 0 saturated carbocycles. The molecule has 3 heterocycles. The minimum absolute atomic E-state index is 0.0397. The number of halogens is 3. The number of fused-ring (bicyclic) bond motifs is 1. The molecule has 0 unspecified atom stereocenters. The normalized spacial score (nSPS) is 12.9. The van der Waals surface area contributed by atoms with Crippen molar-refractivity contribution in [3.8, 4) is 22.7 Å². The number of nitrogens with two attached hydrogens (primary N) is 1. The SMILES string of the molecule is Cc1cccc(OCC(C)C)c1-n1nc2c(c1-c1ccc(NC(N)=O)c(F)c1)CN(c1ncc(Cl)cc1F)CC2. The van der Waals surface area contributed by atoms with Gasteiger partial charge in [-0.1, -0.05) is 43.6 Å². The number of carbonyl (C=O) groups excluding carboxylic acids is 1. The summed E-state index contributed by atoms with van der Waals surface area (Å²) in [7, 11) is 0. The highest BCUT2D eigenvalue weighted by molar-refractivity contribution is 6.30. The fourth-order valence-electron chi connectivity index (χ4n) is 4.83. The molecule has 1 aliphatic heterocycles. The number of hydrogen-bond acceptors (Lipinski definition) is 5. The van der Waals surface area contributed by atoms with Gasteiger partial charge >= 0.3 is 6.03 Å². The lowest BCUT2D eigenvalue weighted by molar-refractivity contribution is 0.259. The van der Waals surface area contributed by atoms with Gasteiger partial charge in [0, 0.05) is 36.8 Å². The Labute approximate surface area is 235 Å². The summed E-state index contributed by atoms with van der Waals surface area (Å²) in [6.45, 7) is 7.36. The lowest BCUT2D eigenvalue weighted by Crippen LogP contribution is -2.31. The van der Waals surface area contributed by atoms with Gasteiger partial charge in [0.2, 0.25) is 0 Å². The monoisotopic (exact) mass is 566 g/mol. The van der Waals surface area contributed by atoms with Gasteiger partial charge in [-0.3, -0.25) is 0 Å². The fourth-order valence-corrected chi connectivity index (χ4v) is 4.97. The maximum Gasteiger partial charge on any atom is 0.316 e. The summed E-state index contributed by atoms with van der Waals surface area (Å²) in [5.41, 5.74) is 9.55. The molecule has 11 heteroatoms. The summed E-state index contributed by atoms with van der Waals surface area (Å²) in [5, 5.41) is 7.47. The third-order valence-corrected chi connectivity index (χ3v) is 6.81. The highest BCUT2D eigenvalue weighted by Crippen LogP contribution is 2.38. The summed E-state index contributed by atoms with van der Waals surface area (Å²) >= 11 is 5.93. The first-order valence-electron chi connectivity index (χ1n) is 12.9. The van der Waals surface area contributed by atoms with Crippen LogP contribution < -0.4 is 20.7 Å². The molecule has 1 aliphatic rings. The lowest BCUT2D eigenvalue weighted by atomic mass is 10.00. The molecule has 2 amide bonds. The van der Waals surface area contributed by atoms with E-state index in [2.05, 4.69) is 24.1 Å². The Morgan fingerprint density at radius 3 is 2.70 bits per heavy atom. The number of para-hydroxylation sites is 1. The number of hydrogen-bond donors (Lipinski definition) is 2. The van der Waals surface area contributed by atoms with Crippen LogP contribution in [0, 0.1) is 24.5 Å². The van der Waals surface area contributed by atoms with Crippen LogP contribution in [-0.2, 0) is 13.0 Å². The number of amides is 2. The first-order chi connectivity index (χ1) is 19.1. The van der Waals surface area contributed by atoms with Crippen molar-refractivity contribution in [2.24, 2.45) is 11.7 Å². The number of primary amides is 1. The summed E-state index contributed by atoms with van der Waals surface area (Å²) in [4.78, 5) is 17.4. The van der Waals surface area contributed by atoms with Crippen molar-refractivity contribution >= 4 is 29.1 Å². The standard InChI is InChI=1S/C29H29ClF2N6O2/c1-16(2)15-40-25-6-4-5-17(3)26(25)38-27(18-7-8-24(21(31)11-18)35-29(33)39)20-14-37(10-9-23(20)36-38)28-22(32)12-19(30)13-34-28/h4-8,11-13,16H,9-10,14-15H2,1-3H3,(H3,33,35,39). The van der Waals surface area contributed by atoms with Gasteiger partial charge < -0.3 is 20.7 Å². The van der Waals surface area contributed by atoms with Gasteiger partial charge in [-0.25, -0.2) is 23.2 Å². The zero-order valence-corrected chi connectivity index (χ0v) is 23.1. The highest BCUT2D eigenvalue weighted by atomic mass is 35.5. The third-order valence-electron chi connectivity index (χ3n) is 6.61. The van der Waals surface area contributed by atoms with Crippen molar-refractivity contribution < 1.29 is 18.3 Å².